The fourth-order valence-electron chi connectivity index (χ4n) is 5.05. The Bertz CT molecular complexity index is 906. The maximum Gasteiger partial charge on any atom is 0.320 e. The predicted molar refractivity (Wildman–Crippen MR) is 141 cm³/mol. The SMILES string of the molecule is CCCCCc1cc2c(c(O[Si](C)(C)C)c1)[C@@H]1C=C(C(=O)O[Si](C)(C)C)CC[C@H]1C(C)(C)O2. The highest BCUT2D eigenvalue weighted by Crippen LogP contribution is 2.54. The smallest absolute Gasteiger partial charge is 0.320 e. The van der Waals surface area contributed by atoms with Crippen LogP contribution in [0.2, 0.25) is 39.3 Å². The summed E-state index contributed by atoms with van der Waals surface area (Å²) in [5, 5.41) is 0. The Hall–Kier alpha value is -1.54. The van der Waals surface area contributed by atoms with Crippen molar-refractivity contribution < 1.29 is 18.4 Å². The largest absolute Gasteiger partial charge is 0.544 e. The van der Waals surface area contributed by atoms with Crippen LogP contribution in [0, 0.1) is 5.92 Å². The van der Waals surface area contributed by atoms with E-state index in [2.05, 4.69) is 78.3 Å². The van der Waals surface area contributed by atoms with Gasteiger partial charge in [-0.15, -0.1) is 0 Å². The van der Waals surface area contributed by atoms with Crippen molar-refractivity contribution in [3.05, 3.63) is 34.9 Å². The number of hydrogen-bond acceptors (Lipinski definition) is 4. The van der Waals surface area contributed by atoms with Crippen LogP contribution in [0.4, 0.5) is 0 Å². The summed E-state index contributed by atoms with van der Waals surface area (Å²) < 4.78 is 19.2. The van der Waals surface area contributed by atoms with E-state index in [9.17, 15) is 4.79 Å². The summed E-state index contributed by atoms with van der Waals surface area (Å²) in [6, 6.07) is 4.47. The Balaban J connectivity index is 2.09. The molecule has 0 fully saturated rings. The Labute approximate surface area is 203 Å². The van der Waals surface area contributed by atoms with Gasteiger partial charge < -0.3 is 13.6 Å². The van der Waals surface area contributed by atoms with Gasteiger partial charge in [-0.3, -0.25) is 0 Å². The van der Waals surface area contributed by atoms with Crippen molar-refractivity contribution in [2.75, 3.05) is 0 Å². The third-order valence-corrected chi connectivity index (χ3v) is 8.08. The molecule has 0 radical (unpaired) electrons. The number of ether oxygens (including phenoxy) is 1. The third kappa shape index (κ3) is 6.53. The maximum absolute atomic E-state index is 13.0. The zero-order valence-electron chi connectivity index (χ0n) is 22.3. The summed E-state index contributed by atoms with van der Waals surface area (Å²) in [4.78, 5) is 13.0. The number of allylic oxidation sites excluding steroid dienone is 1. The van der Waals surface area contributed by atoms with E-state index in [-0.39, 0.29) is 17.5 Å². The topological polar surface area (TPSA) is 44.8 Å². The van der Waals surface area contributed by atoms with Crippen LogP contribution in [0.3, 0.4) is 0 Å². The molecule has 0 N–H and O–H groups in total. The molecule has 1 heterocycles. The fraction of sp³-hybridized carbons (Fsp3) is 0.667. The number of carbonyl (C=O) groups excluding carboxylic acids is 1. The van der Waals surface area contributed by atoms with Crippen LogP contribution in [0.5, 0.6) is 11.5 Å². The Morgan fingerprint density at radius 2 is 1.79 bits per heavy atom. The third-order valence-electron chi connectivity index (χ3n) is 6.45. The molecular weight excluding hydrogens is 444 g/mol. The number of hydrogen-bond donors (Lipinski definition) is 0. The highest BCUT2D eigenvalue weighted by Gasteiger charge is 2.47. The van der Waals surface area contributed by atoms with Gasteiger partial charge in [-0.05, 0) is 96.5 Å². The van der Waals surface area contributed by atoms with Gasteiger partial charge in [0, 0.05) is 23.0 Å². The lowest BCUT2D eigenvalue weighted by atomic mass is 9.67. The molecule has 0 amide bonds. The summed E-state index contributed by atoms with van der Waals surface area (Å²) in [7, 11) is -3.79. The lowest BCUT2D eigenvalue weighted by Gasteiger charge is -2.47. The van der Waals surface area contributed by atoms with E-state index in [4.69, 9.17) is 13.6 Å². The second-order valence-corrected chi connectivity index (χ2v) is 21.1. The highest BCUT2D eigenvalue weighted by atomic mass is 28.4. The van der Waals surface area contributed by atoms with Crippen molar-refractivity contribution in [3.63, 3.8) is 0 Å². The zero-order valence-corrected chi connectivity index (χ0v) is 24.3. The van der Waals surface area contributed by atoms with E-state index in [1.165, 1.54) is 24.8 Å². The monoisotopic (exact) mass is 488 g/mol. The molecule has 4 nitrogen and oxygen atoms in total. The average Bonchev–Trinajstić information content (AvgIpc) is 2.64. The van der Waals surface area contributed by atoms with Crippen LogP contribution >= 0.6 is 0 Å². The van der Waals surface area contributed by atoms with E-state index in [1.54, 1.807) is 0 Å². The highest BCUT2D eigenvalue weighted by molar-refractivity contribution is 6.71. The van der Waals surface area contributed by atoms with Gasteiger partial charge >= 0.3 is 5.97 Å². The fourth-order valence-corrected chi connectivity index (χ4v) is 6.57. The van der Waals surface area contributed by atoms with E-state index < -0.39 is 16.6 Å². The molecule has 1 aliphatic heterocycles. The molecule has 0 spiro atoms. The van der Waals surface area contributed by atoms with Crippen LogP contribution in [0.25, 0.3) is 0 Å². The minimum atomic E-state index is -1.95. The van der Waals surface area contributed by atoms with Gasteiger partial charge in [-0.1, -0.05) is 25.8 Å². The van der Waals surface area contributed by atoms with Gasteiger partial charge in [0.2, 0.25) is 16.6 Å². The van der Waals surface area contributed by atoms with E-state index in [0.717, 1.165) is 41.9 Å². The number of rotatable bonds is 8. The summed E-state index contributed by atoms with van der Waals surface area (Å²) in [6.07, 6.45) is 8.46. The van der Waals surface area contributed by atoms with Crippen molar-refractivity contribution in [2.45, 2.75) is 110 Å². The number of unbranched alkanes of at least 4 members (excludes halogenated alkanes) is 2. The standard InChI is InChI=1S/C27H44O4Si2/c1-10-11-12-13-19-16-23-25(24(17-19)30-32(4,5)6)21-18-20(26(28)31-33(7,8)9)14-15-22(21)27(2,3)29-23/h16-18,21-22H,10-15H2,1-9H3/t21-,22-/m1/s1. The molecule has 6 heteroatoms. The number of fused-ring (bicyclic) bond motifs is 3. The van der Waals surface area contributed by atoms with Crippen molar-refractivity contribution in [1.29, 1.82) is 0 Å². The maximum atomic E-state index is 13.0. The molecule has 33 heavy (non-hydrogen) atoms. The molecule has 1 aliphatic carbocycles. The zero-order chi connectivity index (χ0) is 24.6. The van der Waals surface area contributed by atoms with Gasteiger partial charge in [0.1, 0.15) is 17.1 Å². The predicted octanol–water partition coefficient (Wildman–Crippen LogP) is 7.60. The Kier molecular flexibility index (Phi) is 7.59. The normalized spacial score (nSPS) is 21.9. The minimum absolute atomic E-state index is 0.0951. The molecule has 3 rings (SSSR count). The molecule has 0 saturated heterocycles. The molecule has 2 atom stereocenters. The van der Waals surface area contributed by atoms with E-state index in [1.807, 2.05) is 0 Å². The second kappa shape index (κ2) is 9.61. The molecule has 2 aliphatic rings. The molecule has 0 bridgehead atoms. The van der Waals surface area contributed by atoms with Crippen molar-refractivity contribution in [3.8, 4) is 11.5 Å². The average molecular weight is 489 g/mol. The minimum Gasteiger partial charge on any atom is -0.544 e. The molecule has 0 aromatic heterocycles. The van der Waals surface area contributed by atoms with Crippen LogP contribution in [-0.4, -0.2) is 28.2 Å². The summed E-state index contributed by atoms with van der Waals surface area (Å²) in [5.41, 5.74) is 2.91. The Morgan fingerprint density at radius 3 is 2.39 bits per heavy atom. The van der Waals surface area contributed by atoms with Gasteiger partial charge in [0.05, 0.1) is 0 Å². The summed E-state index contributed by atoms with van der Waals surface area (Å²) in [5.74, 6) is 2.14. The number of benzene rings is 1. The molecule has 1 aromatic carbocycles. The second-order valence-electron chi connectivity index (χ2n) is 12.2. The van der Waals surface area contributed by atoms with Gasteiger partial charge in [-0.2, -0.15) is 0 Å². The summed E-state index contributed by atoms with van der Waals surface area (Å²) in [6.45, 7) is 19.5. The first-order chi connectivity index (χ1) is 15.2. The molecule has 0 saturated carbocycles. The van der Waals surface area contributed by atoms with Crippen LogP contribution < -0.4 is 9.16 Å². The van der Waals surface area contributed by atoms with E-state index >= 15 is 0 Å². The van der Waals surface area contributed by atoms with Crippen LogP contribution in [0.1, 0.15) is 69.9 Å². The van der Waals surface area contributed by atoms with Gasteiger partial charge in [0.15, 0.2) is 0 Å². The first-order valence-electron chi connectivity index (χ1n) is 12.7. The Morgan fingerprint density at radius 1 is 1.09 bits per heavy atom. The molecule has 0 unspecified atom stereocenters. The van der Waals surface area contributed by atoms with Crippen molar-refractivity contribution in [1.82, 2.24) is 0 Å². The quantitative estimate of drug-likeness (QED) is 0.279. The van der Waals surface area contributed by atoms with Crippen molar-refractivity contribution in [2.24, 2.45) is 5.92 Å². The van der Waals surface area contributed by atoms with Gasteiger partial charge in [-0.25, -0.2) is 4.79 Å². The molecule has 184 valence electrons. The number of carbonyl (C=O) groups is 1. The lowest BCUT2D eigenvalue weighted by molar-refractivity contribution is -0.131. The molecule has 1 aromatic rings. The van der Waals surface area contributed by atoms with E-state index in [0.29, 0.717) is 5.92 Å². The summed E-state index contributed by atoms with van der Waals surface area (Å²) >= 11 is 0. The number of aryl methyl sites for hydroxylation is 1. The van der Waals surface area contributed by atoms with Crippen LogP contribution in [-0.2, 0) is 15.6 Å². The van der Waals surface area contributed by atoms with Gasteiger partial charge in [0.25, 0.3) is 0 Å². The van der Waals surface area contributed by atoms with Crippen LogP contribution in [0.15, 0.2) is 23.8 Å². The first kappa shape index (κ1) is 26.1. The van der Waals surface area contributed by atoms with Crippen molar-refractivity contribution >= 4 is 22.6 Å². The first-order valence-corrected chi connectivity index (χ1v) is 19.5. The molecular formula is C27H44O4Si2. The lowest BCUT2D eigenvalue weighted by Crippen LogP contribution is -2.46.